The van der Waals surface area contributed by atoms with Crippen LogP contribution in [-0.4, -0.2) is 20.1 Å². The minimum Gasteiger partial charge on any atom is -0.497 e. The number of rotatable bonds is 4. The Hall–Kier alpha value is -2.21. The molecule has 0 bridgehead atoms. The monoisotopic (exact) mass is 350 g/mol. The third kappa shape index (κ3) is 3.46. The Bertz CT molecular complexity index is 674. The third-order valence-electron chi connectivity index (χ3n) is 2.92. The molecule has 0 radical (unpaired) electrons. The molecule has 2 aromatic carbocycles. The Balaban J connectivity index is 2.24. The van der Waals surface area contributed by atoms with Crippen molar-refractivity contribution in [3.63, 3.8) is 0 Å². The highest BCUT2D eigenvalue weighted by Crippen LogP contribution is 2.29. The number of anilines is 2. The molecule has 0 saturated carbocycles. The van der Waals surface area contributed by atoms with E-state index in [1.165, 1.54) is 7.11 Å². The second-order valence-electron chi connectivity index (χ2n) is 4.26. The zero-order valence-electron chi connectivity index (χ0n) is 11.6. The highest BCUT2D eigenvalue weighted by Gasteiger charge is 2.11. The molecule has 0 fully saturated rings. The van der Waals surface area contributed by atoms with Crippen molar-refractivity contribution in [1.29, 1.82) is 0 Å². The van der Waals surface area contributed by atoms with Crippen LogP contribution >= 0.6 is 15.9 Å². The number of carbonyl (C=O) groups excluding carboxylic acids is 1. The van der Waals surface area contributed by atoms with Crippen LogP contribution in [0.15, 0.2) is 40.9 Å². The molecular formula is C15H15BrN2O3. The highest BCUT2D eigenvalue weighted by atomic mass is 79.9. The van der Waals surface area contributed by atoms with Crippen molar-refractivity contribution in [1.82, 2.24) is 0 Å². The fourth-order valence-corrected chi connectivity index (χ4v) is 2.03. The topological polar surface area (TPSA) is 73.6 Å². The van der Waals surface area contributed by atoms with Gasteiger partial charge in [0, 0.05) is 21.8 Å². The van der Waals surface area contributed by atoms with E-state index in [9.17, 15) is 4.79 Å². The Morgan fingerprint density at radius 2 is 1.90 bits per heavy atom. The van der Waals surface area contributed by atoms with Crippen LogP contribution in [0.1, 0.15) is 10.4 Å². The lowest BCUT2D eigenvalue weighted by Crippen LogP contribution is -2.13. The molecule has 21 heavy (non-hydrogen) atoms. The van der Waals surface area contributed by atoms with Gasteiger partial charge in [0.05, 0.1) is 19.9 Å². The number of ether oxygens (including phenoxy) is 2. The fraction of sp³-hybridized carbons (Fsp3) is 0.133. The van der Waals surface area contributed by atoms with Gasteiger partial charge in [-0.1, -0.05) is 0 Å². The Labute approximate surface area is 131 Å². The minimum absolute atomic E-state index is 0.266. The van der Waals surface area contributed by atoms with E-state index >= 15 is 0 Å². The molecule has 0 aliphatic rings. The van der Waals surface area contributed by atoms with Crippen molar-refractivity contribution in [2.75, 3.05) is 25.3 Å². The van der Waals surface area contributed by atoms with Gasteiger partial charge >= 0.3 is 0 Å². The highest BCUT2D eigenvalue weighted by molar-refractivity contribution is 9.10. The zero-order chi connectivity index (χ0) is 15.4. The van der Waals surface area contributed by atoms with Gasteiger partial charge in [0.15, 0.2) is 0 Å². The van der Waals surface area contributed by atoms with Crippen LogP contribution in [0.25, 0.3) is 0 Å². The van der Waals surface area contributed by atoms with Crippen molar-refractivity contribution in [2.45, 2.75) is 0 Å². The van der Waals surface area contributed by atoms with Crippen molar-refractivity contribution >= 4 is 33.2 Å². The summed E-state index contributed by atoms with van der Waals surface area (Å²) in [6.45, 7) is 0. The number of benzene rings is 2. The first-order chi connectivity index (χ1) is 10.0. The predicted octanol–water partition coefficient (Wildman–Crippen LogP) is 3.30. The van der Waals surface area contributed by atoms with Gasteiger partial charge in [-0.05, 0) is 46.3 Å². The molecule has 2 rings (SSSR count). The summed E-state index contributed by atoms with van der Waals surface area (Å²) in [6, 6.07) is 10.2. The number of halogens is 1. The van der Waals surface area contributed by atoms with E-state index in [1.807, 2.05) is 0 Å². The summed E-state index contributed by atoms with van der Waals surface area (Å²) in [5.41, 5.74) is 7.31. The van der Waals surface area contributed by atoms with Crippen LogP contribution in [0, 0.1) is 0 Å². The van der Waals surface area contributed by atoms with Gasteiger partial charge in [-0.25, -0.2) is 0 Å². The molecule has 0 aromatic heterocycles. The van der Waals surface area contributed by atoms with Crippen LogP contribution in [-0.2, 0) is 0 Å². The third-order valence-corrected chi connectivity index (χ3v) is 3.64. The van der Waals surface area contributed by atoms with Crippen LogP contribution < -0.4 is 20.5 Å². The lowest BCUT2D eigenvalue weighted by atomic mass is 10.2. The van der Waals surface area contributed by atoms with Crippen LogP contribution in [0.4, 0.5) is 11.4 Å². The molecule has 0 saturated heterocycles. The van der Waals surface area contributed by atoms with Gasteiger partial charge in [0.1, 0.15) is 11.5 Å². The SMILES string of the molecule is COc1ccc(NC(=O)c2ccc(Br)c(N)c2)c(OC)c1. The lowest BCUT2D eigenvalue weighted by Gasteiger charge is -2.12. The maximum Gasteiger partial charge on any atom is 0.255 e. The Morgan fingerprint density at radius 1 is 1.14 bits per heavy atom. The second kappa shape index (κ2) is 6.49. The van der Waals surface area contributed by atoms with Gasteiger partial charge in [-0.2, -0.15) is 0 Å². The van der Waals surface area contributed by atoms with Gasteiger partial charge in [-0.3, -0.25) is 4.79 Å². The molecular weight excluding hydrogens is 336 g/mol. The first-order valence-corrected chi connectivity index (χ1v) is 6.93. The maximum atomic E-state index is 12.2. The van der Waals surface area contributed by atoms with Gasteiger partial charge in [0.2, 0.25) is 0 Å². The van der Waals surface area contributed by atoms with Crippen LogP contribution in [0.5, 0.6) is 11.5 Å². The Kier molecular flexibility index (Phi) is 4.70. The number of hydrogen-bond donors (Lipinski definition) is 2. The van der Waals surface area contributed by atoms with Crippen LogP contribution in [0.3, 0.4) is 0 Å². The van der Waals surface area contributed by atoms with Crippen molar-refractivity contribution in [2.24, 2.45) is 0 Å². The average Bonchev–Trinajstić information content (AvgIpc) is 2.50. The van der Waals surface area contributed by atoms with Crippen molar-refractivity contribution in [3.05, 3.63) is 46.4 Å². The van der Waals surface area contributed by atoms with Crippen molar-refractivity contribution < 1.29 is 14.3 Å². The fourth-order valence-electron chi connectivity index (χ4n) is 1.78. The molecule has 1 amide bonds. The summed E-state index contributed by atoms with van der Waals surface area (Å²) < 4.78 is 11.1. The standard InChI is InChI=1S/C15H15BrN2O3/c1-20-10-4-6-13(14(8-10)21-2)18-15(19)9-3-5-11(16)12(17)7-9/h3-8H,17H2,1-2H3,(H,18,19). The number of nitrogens with one attached hydrogen (secondary N) is 1. The molecule has 0 aliphatic heterocycles. The number of carbonyl (C=O) groups is 1. The molecule has 6 heteroatoms. The molecule has 2 aromatic rings. The summed E-state index contributed by atoms with van der Waals surface area (Å²) in [5, 5.41) is 2.79. The lowest BCUT2D eigenvalue weighted by molar-refractivity contribution is 0.102. The summed E-state index contributed by atoms with van der Waals surface area (Å²) in [4.78, 5) is 12.2. The predicted molar refractivity (Wildman–Crippen MR) is 86.1 cm³/mol. The number of hydrogen-bond acceptors (Lipinski definition) is 4. The van der Waals surface area contributed by atoms with E-state index in [0.717, 1.165) is 4.47 Å². The second-order valence-corrected chi connectivity index (χ2v) is 5.11. The molecule has 0 aliphatic carbocycles. The largest absolute Gasteiger partial charge is 0.497 e. The first kappa shape index (κ1) is 15.2. The molecule has 0 spiro atoms. The maximum absolute atomic E-state index is 12.2. The summed E-state index contributed by atoms with van der Waals surface area (Å²) in [7, 11) is 3.10. The minimum atomic E-state index is -0.266. The smallest absolute Gasteiger partial charge is 0.255 e. The normalized spacial score (nSPS) is 10.0. The van der Waals surface area contributed by atoms with E-state index in [1.54, 1.807) is 43.5 Å². The molecule has 0 unspecified atom stereocenters. The summed E-state index contributed by atoms with van der Waals surface area (Å²) >= 11 is 3.29. The quantitative estimate of drug-likeness (QED) is 0.829. The van der Waals surface area contributed by atoms with E-state index in [4.69, 9.17) is 15.2 Å². The number of nitrogens with two attached hydrogens (primary N) is 1. The number of amides is 1. The van der Waals surface area contributed by atoms with E-state index < -0.39 is 0 Å². The first-order valence-electron chi connectivity index (χ1n) is 6.13. The molecule has 3 N–H and O–H groups in total. The van der Waals surface area contributed by atoms with E-state index in [-0.39, 0.29) is 5.91 Å². The summed E-state index contributed by atoms with van der Waals surface area (Å²) in [5.74, 6) is 0.906. The van der Waals surface area contributed by atoms with Gasteiger partial charge in [0.25, 0.3) is 5.91 Å². The van der Waals surface area contributed by atoms with E-state index in [0.29, 0.717) is 28.4 Å². The van der Waals surface area contributed by atoms with Crippen LogP contribution in [0.2, 0.25) is 0 Å². The average molecular weight is 351 g/mol. The summed E-state index contributed by atoms with van der Waals surface area (Å²) in [6.07, 6.45) is 0. The van der Waals surface area contributed by atoms with E-state index in [2.05, 4.69) is 21.2 Å². The number of nitrogen functional groups attached to an aromatic ring is 1. The Morgan fingerprint density at radius 3 is 2.52 bits per heavy atom. The molecule has 5 nitrogen and oxygen atoms in total. The zero-order valence-corrected chi connectivity index (χ0v) is 13.2. The molecule has 0 heterocycles. The van der Waals surface area contributed by atoms with Crippen molar-refractivity contribution in [3.8, 4) is 11.5 Å². The number of methoxy groups -OCH3 is 2. The van der Waals surface area contributed by atoms with Gasteiger partial charge in [-0.15, -0.1) is 0 Å². The molecule has 110 valence electrons. The van der Waals surface area contributed by atoms with Gasteiger partial charge < -0.3 is 20.5 Å². The molecule has 0 atom stereocenters.